The number of alkyl halides is 6. The van der Waals surface area contributed by atoms with Crippen molar-refractivity contribution in [2.45, 2.75) is 32.5 Å². The molecule has 164 valence electrons. The van der Waals surface area contributed by atoms with Crippen LogP contribution in [-0.2, 0) is 14.9 Å². The first-order valence-electron chi connectivity index (χ1n) is 7.82. The van der Waals surface area contributed by atoms with Gasteiger partial charge in [0.15, 0.2) is 0 Å². The fourth-order valence-corrected chi connectivity index (χ4v) is 3.09. The van der Waals surface area contributed by atoms with Gasteiger partial charge in [-0.1, -0.05) is 28.4 Å². The molecule has 0 radical (unpaired) electrons. The molecule has 0 atom stereocenters. The monoisotopic (exact) mass is 466 g/mol. The first kappa shape index (κ1) is 25.1. The summed E-state index contributed by atoms with van der Waals surface area (Å²) in [6.45, 7) is 1.85. The zero-order valence-corrected chi connectivity index (χ0v) is 17.0. The Balaban J connectivity index is 3.55. The zero-order chi connectivity index (χ0) is 22.6. The van der Waals surface area contributed by atoms with Crippen molar-refractivity contribution in [1.29, 1.82) is 0 Å². The van der Waals surface area contributed by atoms with E-state index in [9.17, 15) is 34.8 Å². The van der Waals surface area contributed by atoms with Crippen LogP contribution < -0.4 is 4.31 Å². The molecule has 0 bridgehead atoms. The van der Waals surface area contributed by atoms with Gasteiger partial charge in [-0.3, -0.25) is 4.31 Å². The van der Waals surface area contributed by atoms with Crippen molar-refractivity contribution >= 4 is 33.0 Å². The van der Waals surface area contributed by atoms with Gasteiger partial charge in [0.05, 0.1) is 17.9 Å². The van der Waals surface area contributed by atoms with Crippen LogP contribution in [0.15, 0.2) is 35.0 Å². The summed E-state index contributed by atoms with van der Waals surface area (Å²) >= 11 is 5.83. The van der Waals surface area contributed by atoms with Crippen LogP contribution in [0, 0.1) is 0 Å². The zero-order valence-electron chi connectivity index (χ0n) is 15.4. The molecular weight excluding hydrogens is 450 g/mol. The Morgan fingerprint density at radius 3 is 2.24 bits per heavy atom. The average molecular weight is 467 g/mol. The van der Waals surface area contributed by atoms with Gasteiger partial charge in [0, 0.05) is 10.6 Å². The van der Waals surface area contributed by atoms with Gasteiger partial charge in [-0.2, -0.15) is 34.8 Å². The van der Waals surface area contributed by atoms with Crippen LogP contribution in [-0.4, -0.2) is 39.0 Å². The van der Waals surface area contributed by atoms with Gasteiger partial charge in [0.2, 0.25) is 6.61 Å². The SMILES string of the molecule is CC(C)=CCN(c1ccc(Cl)cc1/C(C)=N/OCC(F)(F)F)S(=O)(=O)C(F)(F)F. The maximum atomic E-state index is 13.2. The first-order chi connectivity index (χ1) is 13.1. The summed E-state index contributed by atoms with van der Waals surface area (Å²) in [4.78, 5) is 4.16. The van der Waals surface area contributed by atoms with E-state index in [1.807, 2.05) is 0 Å². The molecule has 1 rings (SSSR count). The number of oxime groups is 1. The van der Waals surface area contributed by atoms with Crippen molar-refractivity contribution in [3.63, 3.8) is 0 Å². The Bertz CT molecular complexity index is 891. The van der Waals surface area contributed by atoms with E-state index in [0.29, 0.717) is 5.57 Å². The van der Waals surface area contributed by atoms with E-state index in [1.165, 1.54) is 6.08 Å². The van der Waals surface area contributed by atoms with Crippen LogP contribution in [0.3, 0.4) is 0 Å². The molecule has 1 aromatic rings. The van der Waals surface area contributed by atoms with Crippen LogP contribution in [0.5, 0.6) is 0 Å². The summed E-state index contributed by atoms with van der Waals surface area (Å²) in [5.74, 6) is 0. The van der Waals surface area contributed by atoms with Crippen molar-refractivity contribution in [2.75, 3.05) is 17.5 Å². The minimum Gasteiger partial charge on any atom is -0.386 e. The Morgan fingerprint density at radius 1 is 1.17 bits per heavy atom. The molecule has 0 fully saturated rings. The number of nitrogens with zero attached hydrogens (tertiary/aromatic N) is 2. The molecule has 0 saturated heterocycles. The van der Waals surface area contributed by atoms with Crippen molar-refractivity contribution in [3.05, 3.63) is 40.4 Å². The molecule has 0 spiro atoms. The van der Waals surface area contributed by atoms with Crippen LogP contribution in [0.4, 0.5) is 32.0 Å². The normalized spacial score (nSPS) is 13.2. The fourth-order valence-electron chi connectivity index (χ4n) is 1.98. The van der Waals surface area contributed by atoms with Gasteiger partial charge >= 0.3 is 21.7 Å². The van der Waals surface area contributed by atoms with E-state index in [4.69, 9.17) is 11.6 Å². The standard InChI is InChI=1S/C16H17ClF6N2O3S/c1-10(2)6-7-25(29(26,27)16(21,22)23)14-5-4-12(17)8-13(14)11(3)24-28-9-15(18,19)20/h4-6,8H,7,9H2,1-3H3/b24-11+. The molecule has 29 heavy (non-hydrogen) atoms. The summed E-state index contributed by atoms with van der Waals surface area (Å²) in [6, 6.07) is 3.22. The highest BCUT2D eigenvalue weighted by atomic mass is 35.5. The average Bonchev–Trinajstić information content (AvgIpc) is 2.53. The molecule has 0 aliphatic rings. The van der Waals surface area contributed by atoms with Crippen LogP contribution >= 0.6 is 11.6 Å². The first-order valence-corrected chi connectivity index (χ1v) is 9.63. The molecule has 0 aliphatic carbocycles. The lowest BCUT2D eigenvalue weighted by molar-refractivity contribution is -0.173. The number of anilines is 1. The highest BCUT2D eigenvalue weighted by Gasteiger charge is 2.50. The van der Waals surface area contributed by atoms with Crippen LogP contribution in [0.1, 0.15) is 26.3 Å². The van der Waals surface area contributed by atoms with Crippen molar-refractivity contribution in [3.8, 4) is 0 Å². The molecule has 13 heteroatoms. The lowest BCUT2D eigenvalue weighted by Crippen LogP contribution is -2.41. The second-order valence-corrected chi connectivity index (χ2v) is 8.28. The van der Waals surface area contributed by atoms with E-state index in [0.717, 1.165) is 25.1 Å². The Hall–Kier alpha value is -1.95. The molecule has 0 amide bonds. The van der Waals surface area contributed by atoms with E-state index in [2.05, 4.69) is 9.99 Å². The number of hydrogen-bond donors (Lipinski definition) is 0. The van der Waals surface area contributed by atoms with Crippen molar-refractivity contribution in [2.24, 2.45) is 5.16 Å². The summed E-state index contributed by atoms with van der Waals surface area (Å²) in [5, 5.41) is 3.22. The van der Waals surface area contributed by atoms with E-state index in [-0.39, 0.29) is 20.6 Å². The smallest absolute Gasteiger partial charge is 0.386 e. The number of benzene rings is 1. The quantitative estimate of drug-likeness (QED) is 0.238. The molecule has 5 nitrogen and oxygen atoms in total. The molecule has 0 aromatic heterocycles. The van der Waals surface area contributed by atoms with Gasteiger partial charge in [-0.25, -0.2) is 0 Å². The molecule has 0 saturated carbocycles. The summed E-state index contributed by atoms with van der Waals surface area (Å²) in [6.07, 6.45) is -3.44. The van der Waals surface area contributed by atoms with Gasteiger partial charge in [-0.05, 0) is 39.0 Å². The fraction of sp³-hybridized carbons (Fsp3) is 0.438. The van der Waals surface area contributed by atoms with E-state index in [1.54, 1.807) is 13.8 Å². The minimum atomic E-state index is -5.83. The van der Waals surface area contributed by atoms with Crippen LogP contribution in [0.25, 0.3) is 0 Å². The molecule has 0 unspecified atom stereocenters. The number of sulfonamides is 1. The predicted octanol–water partition coefficient (Wildman–Crippen LogP) is 5.27. The third-order valence-electron chi connectivity index (χ3n) is 3.29. The minimum absolute atomic E-state index is 0.000641. The molecule has 0 heterocycles. The largest absolute Gasteiger partial charge is 0.516 e. The molecule has 1 aromatic carbocycles. The van der Waals surface area contributed by atoms with Gasteiger partial charge in [0.25, 0.3) is 0 Å². The summed E-state index contributed by atoms with van der Waals surface area (Å²) in [7, 11) is -5.83. The van der Waals surface area contributed by atoms with E-state index >= 15 is 0 Å². The highest BCUT2D eigenvalue weighted by Crippen LogP contribution is 2.34. The Labute approximate surface area is 168 Å². The van der Waals surface area contributed by atoms with Gasteiger partial charge in [-0.15, -0.1) is 0 Å². The summed E-state index contributed by atoms with van der Waals surface area (Å²) < 4.78 is 100. The maximum absolute atomic E-state index is 13.2. The third-order valence-corrected chi connectivity index (χ3v) is 5.04. The number of allylic oxidation sites excluding steroid dienone is 1. The Kier molecular flexibility index (Phi) is 8.00. The lowest BCUT2D eigenvalue weighted by Gasteiger charge is -2.26. The number of rotatable bonds is 7. The molecule has 0 N–H and O–H groups in total. The van der Waals surface area contributed by atoms with Crippen molar-refractivity contribution < 1.29 is 39.6 Å². The van der Waals surface area contributed by atoms with Crippen molar-refractivity contribution in [1.82, 2.24) is 0 Å². The third kappa shape index (κ3) is 7.11. The molecular formula is C16H17ClF6N2O3S. The second-order valence-electron chi connectivity index (χ2n) is 5.99. The summed E-state index contributed by atoms with van der Waals surface area (Å²) in [5.41, 5.74) is -6.08. The van der Waals surface area contributed by atoms with E-state index < -0.39 is 40.5 Å². The number of hydrogen-bond acceptors (Lipinski definition) is 4. The topological polar surface area (TPSA) is 59.0 Å². The van der Waals surface area contributed by atoms with Gasteiger partial charge in [0.1, 0.15) is 0 Å². The second kappa shape index (κ2) is 9.24. The maximum Gasteiger partial charge on any atom is 0.516 e. The van der Waals surface area contributed by atoms with Crippen LogP contribution in [0.2, 0.25) is 5.02 Å². The number of halogens is 7. The Morgan fingerprint density at radius 2 is 1.76 bits per heavy atom. The lowest BCUT2D eigenvalue weighted by atomic mass is 10.1. The predicted molar refractivity (Wildman–Crippen MR) is 97.4 cm³/mol. The van der Waals surface area contributed by atoms with Gasteiger partial charge < -0.3 is 4.84 Å². The molecule has 0 aliphatic heterocycles. The highest BCUT2D eigenvalue weighted by molar-refractivity contribution is 7.93.